The second-order valence-corrected chi connectivity index (χ2v) is 4.00. The molecule has 0 aliphatic rings. The summed E-state index contributed by atoms with van der Waals surface area (Å²) in [6.45, 7) is 6.43. The molecule has 0 fully saturated rings. The quantitative estimate of drug-likeness (QED) is 0.719. The third kappa shape index (κ3) is 4.26. The van der Waals surface area contributed by atoms with E-state index in [1.165, 1.54) is 12.1 Å². The maximum absolute atomic E-state index is 11.9. The Labute approximate surface area is 118 Å². The zero-order valence-corrected chi connectivity index (χ0v) is 12.1. The van der Waals surface area contributed by atoms with Gasteiger partial charge in [0.05, 0.1) is 30.9 Å². The van der Waals surface area contributed by atoms with E-state index in [4.69, 9.17) is 14.2 Å². The van der Waals surface area contributed by atoms with E-state index in [0.29, 0.717) is 12.4 Å². The highest BCUT2D eigenvalue weighted by atomic mass is 16.5. The molecule has 5 nitrogen and oxygen atoms in total. The Bertz CT molecular complexity index is 467. The zero-order chi connectivity index (χ0) is 15.0. The molecular weight excluding hydrogens is 260 g/mol. The van der Waals surface area contributed by atoms with Crippen LogP contribution in [0.3, 0.4) is 0 Å². The number of carbonyl (C=O) groups excluding carboxylic acids is 2. The molecule has 1 aromatic carbocycles. The van der Waals surface area contributed by atoms with E-state index in [9.17, 15) is 9.59 Å². The van der Waals surface area contributed by atoms with Crippen molar-refractivity contribution in [1.29, 1.82) is 0 Å². The van der Waals surface area contributed by atoms with Crippen molar-refractivity contribution in [3.05, 3.63) is 29.3 Å². The largest absolute Gasteiger partial charge is 0.494 e. The fourth-order valence-electron chi connectivity index (χ4n) is 1.60. The Balaban J connectivity index is 3.09. The molecule has 0 bridgehead atoms. The van der Waals surface area contributed by atoms with Gasteiger partial charge in [-0.15, -0.1) is 0 Å². The number of hydrogen-bond donors (Lipinski definition) is 0. The van der Waals surface area contributed by atoms with Crippen LogP contribution in [0, 0.1) is 0 Å². The van der Waals surface area contributed by atoms with Gasteiger partial charge in [-0.1, -0.05) is 6.92 Å². The highest BCUT2D eigenvalue weighted by Gasteiger charge is 2.20. The lowest BCUT2D eigenvalue weighted by Crippen LogP contribution is -2.14. The molecule has 0 heterocycles. The molecule has 1 rings (SSSR count). The first-order valence-electron chi connectivity index (χ1n) is 6.75. The van der Waals surface area contributed by atoms with Crippen LogP contribution in [0.2, 0.25) is 0 Å². The van der Waals surface area contributed by atoms with Crippen molar-refractivity contribution >= 4 is 11.9 Å². The van der Waals surface area contributed by atoms with Gasteiger partial charge in [0.2, 0.25) is 0 Å². The summed E-state index contributed by atoms with van der Waals surface area (Å²) >= 11 is 0. The summed E-state index contributed by atoms with van der Waals surface area (Å²) in [6.07, 6.45) is 0.856. The summed E-state index contributed by atoms with van der Waals surface area (Å²) in [6, 6.07) is 4.68. The SMILES string of the molecule is CCCOc1ccc(C(=O)OCC)c(C(=O)OCC)c1. The van der Waals surface area contributed by atoms with Crippen molar-refractivity contribution in [3.8, 4) is 5.75 Å². The van der Waals surface area contributed by atoms with E-state index in [1.807, 2.05) is 6.92 Å². The maximum Gasteiger partial charge on any atom is 0.339 e. The van der Waals surface area contributed by atoms with Crippen LogP contribution in [0.4, 0.5) is 0 Å². The van der Waals surface area contributed by atoms with E-state index in [1.54, 1.807) is 19.9 Å². The fraction of sp³-hybridized carbons (Fsp3) is 0.467. The van der Waals surface area contributed by atoms with Crippen molar-refractivity contribution in [2.75, 3.05) is 19.8 Å². The first-order chi connectivity index (χ1) is 9.63. The third-order valence-corrected chi connectivity index (χ3v) is 2.45. The molecule has 0 N–H and O–H groups in total. The van der Waals surface area contributed by atoms with Gasteiger partial charge in [0.15, 0.2) is 0 Å². The van der Waals surface area contributed by atoms with Crippen LogP contribution in [0.15, 0.2) is 18.2 Å². The topological polar surface area (TPSA) is 61.8 Å². The predicted octanol–water partition coefficient (Wildman–Crippen LogP) is 2.83. The molecule has 0 radical (unpaired) electrons. The fourth-order valence-corrected chi connectivity index (χ4v) is 1.60. The molecule has 0 saturated carbocycles. The smallest absolute Gasteiger partial charge is 0.339 e. The molecule has 0 aromatic heterocycles. The zero-order valence-electron chi connectivity index (χ0n) is 12.1. The molecule has 0 spiro atoms. The third-order valence-electron chi connectivity index (χ3n) is 2.45. The van der Waals surface area contributed by atoms with Crippen LogP contribution in [0.25, 0.3) is 0 Å². The average Bonchev–Trinajstić information content (AvgIpc) is 2.45. The van der Waals surface area contributed by atoms with E-state index in [-0.39, 0.29) is 24.3 Å². The number of esters is 2. The molecule has 110 valence electrons. The monoisotopic (exact) mass is 280 g/mol. The second-order valence-electron chi connectivity index (χ2n) is 4.00. The van der Waals surface area contributed by atoms with Gasteiger partial charge in [-0.05, 0) is 38.5 Å². The summed E-state index contributed by atoms with van der Waals surface area (Å²) < 4.78 is 15.3. The van der Waals surface area contributed by atoms with E-state index < -0.39 is 11.9 Å². The molecule has 0 aliphatic heterocycles. The van der Waals surface area contributed by atoms with Crippen molar-refractivity contribution in [2.45, 2.75) is 27.2 Å². The Morgan fingerprint density at radius 2 is 1.55 bits per heavy atom. The van der Waals surface area contributed by atoms with E-state index in [2.05, 4.69) is 0 Å². The first-order valence-corrected chi connectivity index (χ1v) is 6.75. The summed E-state index contributed by atoms with van der Waals surface area (Å²) in [5.74, 6) is -0.571. The number of hydrogen-bond acceptors (Lipinski definition) is 5. The van der Waals surface area contributed by atoms with Crippen molar-refractivity contribution in [1.82, 2.24) is 0 Å². The van der Waals surface area contributed by atoms with Gasteiger partial charge in [0.1, 0.15) is 5.75 Å². The minimum Gasteiger partial charge on any atom is -0.494 e. The van der Waals surface area contributed by atoms with Crippen LogP contribution in [0.1, 0.15) is 47.9 Å². The van der Waals surface area contributed by atoms with Crippen LogP contribution in [-0.2, 0) is 9.47 Å². The van der Waals surface area contributed by atoms with Crippen molar-refractivity contribution in [2.24, 2.45) is 0 Å². The van der Waals surface area contributed by atoms with Gasteiger partial charge in [0, 0.05) is 0 Å². The Kier molecular flexibility index (Phi) is 6.56. The molecule has 0 atom stereocenters. The number of ether oxygens (including phenoxy) is 3. The maximum atomic E-state index is 11.9. The highest BCUT2D eigenvalue weighted by Crippen LogP contribution is 2.20. The number of carbonyl (C=O) groups is 2. The second kappa shape index (κ2) is 8.19. The number of benzene rings is 1. The normalized spacial score (nSPS) is 9.95. The highest BCUT2D eigenvalue weighted by molar-refractivity contribution is 6.03. The lowest BCUT2D eigenvalue weighted by Gasteiger charge is -2.11. The van der Waals surface area contributed by atoms with Gasteiger partial charge in [-0.2, -0.15) is 0 Å². The lowest BCUT2D eigenvalue weighted by molar-refractivity contribution is 0.0478. The molecular formula is C15H20O5. The van der Waals surface area contributed by atoms with Crippen LogP contribution >= 0.6 is 0 Å². The van der Waals surface area contributed by atoms with Gasteiger partial charge >= 0.3 is 11.9 Å². The van der Waals surface area contributed by atoms with Crippen molar-refractivity contribution in [3.63, 3.8) is 0 Å². The molecule has 1 aromatic rings. The average molecular weight is 280 g/mol. The van der Waals surface area contributed by atoms with E-state index >= 15 is 0 Å². The van der Waals surface area contributed by atoms with E-state index in [0.717, 1.165) is 6.42 Å². The summed E-state index contributed by atoms with van der Waals surface area (Å²) in [7, 11) is 0. The summed E-state index contributed by atoms with van der Waals surface area (Å²) in [5, 5.41) is 0. The molecule has 5 heteroatoms. The van der Waals surface area contributed by atoms with Crippen LogP contribution in [-0.4, -0.2) is 31.8 Å². The predicted molar refractivity (Wildman–Crippen MR) is 74.1 cm³/mol. The Hall–Kier alpha value is -2.04. The molecule has 0 saturated heterocycles. The molecule has 0 unspecified atom stereocenters. The van der Waals surface area contributed by atoms with Crippen LogP contribution < -0.4 is 4.74 Å². The molecule has 0 aliphatic carbocycles. The Morgan fingerprint density at radius 1 is 0.950 bits per heavy atom. The van der Waals surface area contributed by atoms with Gasteiger partial charge < -0.3 is 14.2 Å². The van der Waals surface area contributed by atoms with Gasteiger partial charge in [-0.3, -0.25) is 0 Å². The summed E-state index contributed by atoms with van der Waals surface area (Å²) in [5.41, 5.74) is 0.355. The minimum atomic E-state index is -0.558. The van der Waals surface area contributed by atoms with Gasteiger partial charge in [0.25, 0.3) is 0 Å². The number of rotatable bonds is 7. The van der Waals surface area contributed by atoms with Crippen molar-refractivity contribution < 1.29 is 23.8 Å². The lowest BCUT2D eigenvalue weighted by atomic mass is 10.1. The molecule has 0 amide bonds. The Morgan fingerprint density at radius 3 is 2.10 bits per heavy atom. The molecule has 20 heavy (non-hydrogen) atoms. The van der Waals surface area contributed by atoms with Crippen LogP contribution in [0.5, 0.6) is 5.75 Å². The first kappa shape index (κ1) is 16.0. The minimum absolute atomic E-state index is 0.166. The summed E-state index contributed by atoms with van der Waals surface area (Å²) in [4.78, 5) is 23.7. The standard InChI is InChI=1S/C15H20O5/c1-4-9-20-11-7-8-12(14(16)18-5-2)13(10-11)15(17)19-6-3/h7-8,10H,4-6,9H2,1-3H3. The van der Waals surface area contributed by atoms with Gasteiger partial charge in [-0.25, -0.2) is 9.59 Å².